The number of hydrogen-bond acceptors (Lipinski definition) is 12. The van der Waals surface area contributed by atoms with Crippen molar-refractivity contribution in [2.75, 3.05) is 29.9 Å². The van der Waals surface area contributed by atoms with Crippen molar-refractivity contribution in [1.82, 2.24) is 24.2 Å². The second kappa shape index (κ2) is 10.8. The standard InChI is InChI=1S/C25H29N9O5S/c26-11-16-6-2-4-8-18(16)31-24-32-22(28)20-23(33-24)34(14-29-20)25(36)13-39-19(21(25)35)12-30-40(37,38)10-9-15-5-1-3-7-17(15)27/h1-10,14,19,21,30,35-36H,11-13,26-27H2,(H3,28,31,32,33)/b10-9+/t19-,21-,25-/m1/s1. The molecule has 0 aliphatic carbocycles. The van der Waals surface area contributed by atoms with Gasteiger partial charge >= 0.3 is 0 Å². The molecule has 1 aliphatic heterocycles. The van der Waals surface area contributed by atoms with Crippen LogP contribution >= 0.6 is 0 Å². The molecule has 0 amide bonds. The highest BCUT2D eigenvalue weighted by atomic mass is 32.2. The van der Waals surface area contributed by atoms with Gasteiger partial charge in [0.15, 0.2) is 17.2 Å². The Morgan fingerprint density at radius 3 is 2.67 bits per heavy atom. The lowest BCUT2D eigenvalue weighted by molar-refractivity contribution is -0.107. The molecule has 0 radical (unpaired) electrons. The van der Waals surface area contributed by atoms with Crippen LogP contribution in [0.1, 0.15) is 11.1 Å². The van der Waals surface area contributed by atoms with E-state index in [0.29, 0.717) is 16.9 Å². The number of imidazole rings is 1. The molecule has 0 bridgehead atoms. The first-order valence-electron chi connectivity index (χ1n) is 12.2. The summed E-state index contributed by atoms with van der Waals surface area (Å²) in [6.45, 7) is -0.401. The number of anilines is 4. The highest BCUT2D eigenvalue weighted by molar-refractivity contribution is 7.92. The number of para-hydroxylation sites is 2. The highest BCUT2D eigenvalue weighted by Gasteiger charge is 2.50. The first-order chi connectivity index (χ1) is 19.1. The molecule has 14 nitrogen and oxygen atoms in total. The van der Waals surface area contributed by atoms with Gasteiger partial charge < -0.3 is 37.5 Å². The van der Waals surface area contributed by atoms with E-state index in [2.05, 4.69) is 25.0 Å². The summed E-state index contributed by atoms with van der Waals surface area (Å²) in [6.07, 6.45) is -0.00822. The van der Waals surface area contributed by atoms with Gasteiger partial charge in [-0.2, -0.15) is 9.97 Å². The number of benzene rings is 2. The van der Waals surface area contributed by atoms with E-state index in [-0.39, 0.29) is 42.6 Å². The Labute approximate surface area is 229 Å². The van der Waals surface area contributed by atoms with Gasteiger partial charge in [-0.15, -0.1) is 0 Å². The highest BCUT2D eigenvalue weighted by Crippen LogP contribution is 2.33. The zero-order valence-corrected chi connectivity index (χ0v) is 22.0. The van der Waals surface area contributed by atoms with Crippen molar-refractivity contribution in [2.45, 2.75) is 24.5 Å². The minimum atomic E-state index is -3.91. The molecule has 1 aliphatic rings. The summed E-state index contributed by atoms with van der Waals surface area (Å²) >= 11 is 0. The molecule has 40 heavy (non-hydrogen) atoms. The number of aromatic nitrogens is 4. The second-order valence-electron chi connectivity index (χ2n) is 9.20. The van der Waals surface area contributed by atoms with Crippen LogP contribution in [0.4, 0.5) is 23.1 Å². The van der Waals surface area contributed by atoms with E-state index in [1.54, 1.807) is 30.3 Å². The topological polar surface area (TPSA) is 230 Å². The predicted molar refractivity (Wildman–Crippen MR) is 150 cm³/mol. The molecule has 0 saturated carbocycles. The fourth-order valence-corrected chi connectivity index (χ4v) is 5.18. The van der Waals surface area contributed by atoms with Crippen LogP contribution in [0, 0.1) is 0 Å². The summed E-state index contributed by atoms with van der Waals surface area (Å²) in [5.74, 6) is 0.170. The summed E-state index contributed by atoms with van der Waals surface area (Å²) in [5, 5.41) is 26.5. The monoisotopic (exact) mass is 567 g/mol. The molecule has 10 N–H and O–H groups in total. The van der Waals surface area contributed by atoms with Gasteiger partial charge in [0.25, 0.3) is 0 Å². The summed E-state index contributed by atoms with van der Waals surface area (Å²) < 4.78 is 34.2. The molecule has 210 valence electrons. The van der Waals surface area contributed by atoms with Crippen LogP contribution in [-0.4, -0.2) is 63.5 Å². The van der Waals surface area contributed by atoms with Crippen molar-refractivity contribution in [3.63, 3.8) is 0 Å². The van der Waals surface area contributed by atoms with E-state index in [0.717, 1.165) is 11.0 Å². The molecule has 0 spiro atoms. The number of nitrogen functional groups attached to an aromatic ring is 2. The zero-order chi connectivity index (χ0) is 28.5. The maximum absolute atomic E-state index is 12.5. The van der Waals surface area contributed by atoms with Gasteiger partial charge in [0.05, 0.1) is 12.9 Å². The van der Waals surface area contributed by atoms with Crippen LogP contribution in [0.5, 0.6) is 0 Å². The maximum Gasteiger partial charge on any atom is 0.233 e. The Morgan fingerprint density at radius 2 is 1.90 bits per heavy atom. The van der Waals surface area contributed by atoms with E-state index < -0.39 is 28.0 Å². The van der Waals surface area contributed by atoms with Crippen LogP contribution in [0.3, 0.4) is 0 Å². The Kier molecular flexibility index (Phi) is 7.41. The van der Waals surface area contributed by atoms with Gasteiger partial charge in [-0.05, 0) is 29.3 Å². The molecule has 4 aromatic rings. The van der Waals surface area contributed by atoms with Crippen LogP contribution in [0.2, 0.25) is 0 Å². The number of sulfonamides is 1. The Hall–Kier alpha value is -4.12. The van der Waals surface area contributed by atoms with Crippen molar-refractivity contribution in [2.24, 2.45) is 5.73 Å². The minimum absolute atomic E-state index is 0.0450. The molecule has 15 heteroatoms. The molecule has 1 fully saturated rings. The molecule has 5 rings (SSSR count). The molecular formula is C25H29N9O5S. The lowest BCUT2D eigenvalue weighted by atomic mass is 10.1. The van der Waals surface area contributed by atoms with Gasteiger partial charge in [0.1, 0.15) is 17.7 Å². The van der Waals surface area contributed by atoms with Crippen molar-refractivity contribution in [3.8, 4) is 0 Å². The van der Waals surface area contributed by atoms with Gasteiger partial charge in [-0.25, -0.2) is 18.1 Å². The number of nitrogens with zero attached hydrogens (tertiary/aromatic N) is 4. The van der Waals surface area contributed by atoms with Crippen molar-refractivity contribution in [1.29, 1.82) is 0 Å². The summed E-state index contributed by atoms with van der Waals surface area (Å²) in [4.78, 5) is 12.9. The summed E-state index contributed by atoms with van der Waals surface area (Å²) in [7, 11) is -3.91. The minimum Gasteiger partial charge on any atom is -0.398 e. The zero-order valence-electron chi connectivity index (χ0n) is 21.2. The fourth-order valence-electron chi connectivity index (χ4n) is 4.36. The average molecular weight is 568 g/mol. The second-order valence-corrected chi connectivity index (χ2v) is 10.9. The molecule has 2 aromatic carbocycles. The maximum atomic E-state index is 12.5. The van der Waals surface area contributed by atoms with Gasteiger partial charge in [-0.1, -0.05) is 36.4 Å². The van der Waals surface area contributed by atoms with Crippen LogP contribution in [0.15, 0.2) is 60.3 Å². The number of hydrogen-bond donors (Lipinski definition) is 7. The van der Waals surface area contributed by atoms with Crippen LogP contribution in [0.25, 0.3) is 17.2 Å². The smallest absolute Gasteiger partial charge is 0.233 e. The van der Waals surface area contributed by atoms with Crippen LogP contribution < -0.4 is 27.2 Å². The first-order valence-corrected chi connectivity index (χ1v) is 13.8. The van der Waals surface area contributed by atoms with Gasteiger partial charge in [0, 0.05) is 29.9 Å². The SMILES string of the molecule is NCc1ccccc1Nc1nc(N)c2ncn([C@@]3(O)CO[C@H](CNS(=O)(=O)/C=C/c4ccccc4N)[C@H]3O)c2n1. The molecule has 3 atom stereocenters. The molecule has 3 heterocycles. The van der Waals surface area contributed by atoms with E-state index in [1.165, 1.54) is 17.0 Å². The van der Waals surface area contributed by atoms with Crippen molar-refractivity contribution < 1.29 is 23.4 Å². The summed E-state index contributed by atoms with van der Waals surface area (Å²) in [5.41, 5.74) is 18.5. The van der Waals surface area contributed by atoms with Crippen LogP contribution in [-0.2, 0) is 27.0 Å². The number of nitrogens with two attached hydrogens (primary N) is 3. The van der Waals surface area contributed by atoms with E-state index in [9.17, 15) is 18.6 Å². The third-order valence-corrected chi connectivity index (χ3v) is 7.63. The van der Waals surface area contributed by atoms with Crippen molar-refractivity contribution >= 4 is 50.4 Å². The lowest BCUT2D eigenvalue weighted by Crippen LogP contribution is -2.48. The molecule has 0 unspecified atom stereocenters. The Morgan fingerprint density at radius 1 is 1.15 bits per heavy atom. The average Bonchev–Trinajstić information content (AvgIpc) is 3.49. The third-order valence-electron chi connectivity index (χ3n) is 6.57. The van der Waals surface area contributed by atoms with Crippen molar-refractivity contribution in [3.05, 3.63) is 71.4 Å². The number of ether oxygens (including phenoxy) is 1. The quantitative estimate of drug-likeness (QED) is 0.134. The lowest BCUT2D eigenvalue weighted by Gasteiger charge is -2.28. The molecular weight excluding hydrogens is 538 g/mol. The summed E-state index contributed by atoms with van der Waals surface area (Å²) in [6, 6.07) is 14.1. The molecule has 1 saturated heterocycles. The Bertz CT molecular complexity index is 1680. The van der Waals surface area contributed by atoms with E-state index in [1.807, 2.05) is 18.2 Å². The van der Waals surface area contributed by atoms with Gasteiger partial charge in [-0.3, -0.25) is 4.57 Å². The third kappa shape index (κ3) is 5.33. The number of aliphatic hydroxyl groups is 2. The Balaban J connectivity index is 1.35. The number of aliphatic hydroxyl groups excluding tert-OH is 1. The normalized spacial score (nSPS) is 21.4. The largest absolute Gasteiger partial charge is 0.398 e. The van der Waals surface area contributed by atoms with E-state index >= 15 is 0 Å². The predicted octanol–water partition coefficient (Wildman–Crippen LogP) is 0.188. The van der Waals surface area contributed by atoms with Gasteiger partial charge in [0.2, 0.25) is 16.0 Å². The number of rotatable bonds is 9. The van der Waals surface area contributed by atoms with E-state index in [4.69, 9.17) is 21.9 Å². The fraction of sp³-hybridized carbons (Fsp3) is 0.240. The number of nitrogens with one attached hydrogen (secondary N) is 2. The number of fused-ring (bicyclic) bond motifs is 1. The first kappa shape index (κ1) is 27.4. The molecule has 2 aromatic heterocycles.